The summed E-state index contributed by atoms with van der Waals surface area (Å²) < 4.78 is 37.7. The van der Waals surface area contributed by atoms with E-state index in [9.17, 15) is 18.3 Å². The molecule has 2 nitrogen and oxygen atoms in total. The molecule has 0 aromatic heterocycles. The second-order valence-electron chi connectivity index (χ2n) is 3.08. The zero-order valence-electron chi connectivity index (χ0n) is 8.72. The maximum Gasteiger partial charge on any atom is 1.00 e. The summed E-state index contributed by atoms with van der Waals surface area (Å²) in [6.07, 6.45) is -4.67. The summed E-state index contributed by atoms with van der Waals surface area (Å²) in [5.41, 5.74) is -2.97. The van der Waals surface area contributed by atoms with Gasteiger partial charge in [-0.3, -0.25) is 0 Å². The van der Waals surface area contributed by atoms with E-state index in [-0.39, 0.29) is 29.9 Å². The van der Waals surface area contributed by atoms with Crippen LogP contribution in [0.5, 0.6) is 0 Å². The molecule has 0 fully saturated rings. The second kappa shape index (κ2) is 6.08. The first-order valence-corrected chi connectivity index (χ1v) is 4.59. The Morgan fingerprint density at radius 2 is 1.50 bits per heavy atom. The fourth-order valence-electron chi connectivity index (χ4n) is 0.938. The first-order valence-electron chi connectivity index (χ1n) is 3.80. The van der Waals surface area contributed by atoms with Gasteiger partial charge >= 0.3 is 25.0 Å². The van der Waals surface area contributed by atoms with E-state index in [0.717, 1.165) is 6.92 Å². The number of halogens is 4. The van der Waals surface area contributed by atoms with Crippen molar-refractivity contribution in [1.82, 2.24) is 0 Å². The molecule has 86 valence electrons. The molecule has 0 amide bonds. The van der Waals surface area contributed by atoms with Crippen LogP contribution in [0.1, 0.15) is 12.5 Å². The molecule has 0 radical (unpaired) electrons. The largest absolute Gasteiger partial charge is 1.00 e. The van der Waals surface area contributed by atoms with Crippen molar-refractivity contribution >= 4 is 15.9 Å². The quantitative estimate of drug-likeness (QED) is 0.744. The van der Waals surface area contributed by atoms with Gasteiger partial charge in [0, 0.05) is 4.47 Å². The molecule has 0 aliphatic carbocycles. The Bertz CT molecular complexity index is 325. The number of hydrogen-bond donors (Lipinski definition) is 1. The van der Waals surface area contributed by atoms with Crippen LogP contribution in [0, 0.1) is 0 Å². The molecular weight excluding hydrogens is 284 g/mol. The Kier molecular flexibility index (Phi) is 6.98. The molecule has 2 N–H and O–H groups in total. The molecule has 7 heteroatoms. The summed E-state index contributed by atoms with van der Waals surface area (Å²) in [6, 6.07) is 5.38. The van der Waals surface area contributed by atoms with Gasteiger partial charge in [-0.2, -0.15) is 13.2 Å². The average molecular weight is 293 g/mol. The average Bonchev–Trinajstić information content (AvgIpc) is 2.03. The zero-order valence-corrected chi connectivity index (χ0v) is 10.3. The van der Waals surface area contributed by atoms with Crippen LogP contribution in [0.25, 0.3) is 0 Å². The van der Waals surface area contributed by atoms with Crippen LogP contribution in [0.3, 0.4) is 0 Å². The third-order valence-corrected chi connectivity index (χ3v) is 2.49. The Labute approximate surface area is 111 Å². The van der Waals surface area contributed by atoms with Gasteiger partial charge in [0.1, 0.15) is 0 Å². The Morgan fingerprint density at radius 3 is 1.81 bits per heavy atom. The smallest absolute Gasteiger partial charge is 0.870 e. The van der Waals surface area contributed by atoms with Crippen molar-refractivity contribution in [3.8, 4) is 0 Å². The SMILES string of the molecule is C[C@](O)(c1ccc(Br)cc1)C(F)(F)F.[Li+].[OH-]. The number of hydrogen-bond acceptors (Lipinski definition) is 2. The van der Waals surface area contributed by atoms with Crippen molar-refractivity contribution in [2.45, 2.75) is 18.7 Å². The molecule has 0 aliphatic rings. The minimum absolute atomic E-state index is 0. The Morgan fingerprint density at radius 1 is 1.12 bits per heavy atom. The van der Waals surface area contributed by atoms with Crippen molar-refractivity contribution in [2.75, 3.05) is 0 Å². The van der Waals surface area contributed by atoms with Crippen LogP contribution in [-0.4, -0.2) is 16.8 Å². The summed E-state index contributed by atoms with van der Waals surface area (Å²) in [5, 5.41) is 9.27. The molecule has 0 spiro atoms. The molecule has 0 aliphatic heterocycles. The number of alkyl halides is 3. The molecule has 16 heavy (non-hydrogen) atoms. The molecule has 1 aromatic carbocycles. The normalized spacial score (nSPS) is 14.4. The molecule has 0 saturated carbocycles. The number of rotatable bonds is 1. The van der Waals surface area contributed by atoms with Crippen LogP contribution < -0.4 is 18.9 Å². The fourth-order valence-corrected chi connectivity index (χ4v) is 1.20. The molecule has 1 atom stereocenters. The van der Waals surface area contributed by atoms with Crippen molar-refractivity contribution in [3.05, 3.63) is 34.3 Å². The van der Waals surface area contributed by atoms with Gasteiger partial charge < -0.3 is 10.6 Å². The maximum absolute atomic E-state index is 12.4. The molecule has 0 heterocycles. The molecule has 1 rings (SSSR count). The Hall–Kier alpha value is 0.00740. The monoisotopic (exact) mass is 292 g/mol. The van der Waals surface area contributed by atoms with E-state index >= 15 is 0 Å². The minimum Gasteiger partial charge on any atom is -0.870 e. The van der Waals surface area contributed by atoms with E-state index in [1.807, 2.05) is 0 Å². The first kappa shape index (κ1) is 18.4. The molecular formula is C9H9BrF3LiO2. The second-order valence-corrected chi connectivity index (χ2v) is 3.99. The first-order chi connectivity index (χ1) is 6.25. The van der Waals surface area contributed by atoms with E-state index in [1.165, 1.54) is 24.3 Å². The molecule has 0 saturated heterocycles. The van der Waals surface area contributed by atoms with Crippen LogP contribution >= 0.6 is 15.9 Å². The zero-order chi connectivity index (χ0) is 11.0. The molecule has 0 bridgehead atoms. The van der Waals surface area contributed by atoms with Gasteiger partial charge in [-0.25, -0.2) is 0 Å². The van der Waals surface area contributed by atoms with E-state index in [4.69, 9.17) is 0 Å². The number of benzene rings is 1. The van der Waals surface area contributed by atoms with Gasteiger partial charge in [0.15, 0.2) is 5.60 Å². The van der Waals surface area contributed by atoms with Crippen molar-refractivity contribution in [1.29, 1.82) is 0 Å². The topological polar surface area (TPSA) is 50.2 Å². The standard InChI is InChI=1S/C9H8BrF3O.Li.H2O/c1-8(14,9(11,12)13)6-2-4-7(10)5-3-6;;/h2-5,14H,1H3;;1H2/q;+1;/p-1/t8-;;/m0../s1. The van der Waals surface area contributed by atoms with Crippen LogP contribution in [0.2, 0.25) is 0 Å². The van der Waals surface area contributed by atoms with Crippen LogP contribution in [0.15, 0.2) is 28.7 Å². The van der Waals surface area contributed by atoms with Crippen molar-refractivity contribution in [3.63, 3.8) is 0 Å². The van der Waals surface area contributed by atoms with Crippen LogP contribution in [0.4, 0.5) is 13.2 Å². The van der Waals surface area contributed by atoms with E-state index < -0.39 is 11.8 Å². The van der Waals surface area contributed by atoms with E-state index in [1.54, 1.807) is 0 Å². The van der Waals surface area contributed by atoms with Gasteiger partial charge in [0.2, 0.25) is 0 Å². The predicted octanol–water partition coefficient (Wildman–Crippen LogP) is 0.0461. The number of aliphatic hydroxyl groups is 1. The summed E-state index contributed by atoms with van der Waals surface area (Å²) in [6.45, 7) is 0.732. The minimum atomic E-state index is -4.67. The summed E-state index contributed by atoms with van der Waals surface area (Å²) in [7, 11) is 0. The fraction of sp³-hybridized carbons (Fsp3) is 0.333. The van der Waals surface area contributed by atoms with Gasteiger partial charge in [-0.05, 0) is 24.6 Å². The predicted molar refractivity (Wildman–Crippen MR) is 51.7 cm³/mol. The maximum atomic E-state index is 12.4. The van der Waals surface area contributed by atoms with Gasteiger partial charge in [0.25, 0.3) is 0 Å². The van der Waals surface area contributed by atoms with Crippen molar-refractivity contribution < 1.29 is 42.6 Å². The van der Waals surface area contributed by atoms with E-state index in [0.29, 0.717) is 4.47 Å². The molecule has 0 unspecified atom stereocenters. The summed E-state index contributed by atoms with van der Waals surface area (Å²) in [4.78, 5) is 0. The van der Waals surface area contributed by atoms with Gasteiger partial charge in [0.05, 0.1) is 0 Å². The third kappa shape index (κ3) is 3.79. The van der Waals surface area contributed by atoms with Gasteiger partial charge in [-0.15, -0.1) is 0 Å². The Balaban J connectivity index is 0. The van der Waals surface area contributed by atoms with Crippen molar-refractivity contribution in [2.24, 2.45) is 0 Å². The third-order valence-electron chi connectivity index (χ3n) is 1.96. The summed E-state index contributed by atoms with van der Waals surface area (Å²) >= 11 is 3.10. The van der Waals surface area contributed by atoms with Gasteiger partial charge in [-0.1, -0.05) is 28.1 Å². The van der Waals surface area contributed by atoms with Crippen LogP contribution in [-0.2, 0) is 5.60 Å². The summed E-state index contributed by atoms with van der Waals surface area (Å²) in [5.74, 6) is 0. The molecule has 1 aromatic rings. The van der Waals surface area contributed by atoms with E-state index in [2.05, 4.69) is 15.9 Å².